The highest BCUT2D eigenvalue weighted by Gasteiger charge is 2.51. The van der Waals surface area contributed by atoms with Crippen LogP contribution in [0.4, 0.5) is 0 Å². The van der Waals surface area contributed by atoms with Crippen molar-refractivity contribution in [3.63, 3.8) is 0 Å². The molecule has 0 bridgehead atoms. The smallest absolute Gasteiger partial charge is 0.187 e. The van der Waals surface area contributed by atoms with Crippen LogP contribution in [0, 0.1) is 0 Å². The van der Waals surface area contributed by atoms with E-state index in [-0.39, 0.29) is 5.48 Å². The molecule has 0 spiro atoms. The zero-order valence-corrected chi connectivity index (χ0v) is 24.5. The third-order valence-corrected chi connectivity index (χ3v) is 7.96. The third-order valence-electron chi connectivity index (χ3n) is 7.96. The minimum Gasteiger partial charge on any atom is -0.412 e. The van der Waals surface area contributed by atoms with Crippen LogP contribution in [-0.2, 0) is 28.4 Å². The molecule has 23 heteroatoms. The first-order valence-electron chi connectivity index (χ1n) is 14.2. The quantitative estimate of drug-likeness (QED) is 0.112. The number of rotatable bonds is 8. The maximum Gasteiger partial charge on any atom is 0.187 e. The van der Waals surface area contributed by atoms with Gasteiger partial charge in [0, 0.05) is 0 Å². The largest absolute Gasteiger partial charge is 0.412 e. The lowest BCUT2D eigenvalue weighted by Crippen LogP contribution is -2.64. The fourth-order valence-electron chi connectivity index (χ4n) is 5.14. The number of aliphatic hydroxyl groups excluding tert-OH is 16. The zero-order chi connectivity index (χ0) is 34.6. The molecule has 0 saturated carbocycles. The van der Waals surface area contributed by atoms with E-state index in [0.717, 1.165) is 0 Å². The summed E-state index contributed by atoms with van der Waals surface area (Å²) < 4.78 is 30.5. The van der Waals surface area contributed by atoms with Crippen molar-refractivity contribution in [3.8, 4) is 0 Å². The molecule has 4 rings (SSSR count). The monoisotopic (exact) mass is 702 g/mol. The van der Waals surface area contributed by atoms with E-state index < -0.39 is 149 Å². The van der Waals surface area contributed by atoms with Gasteiger partial charge in [-0.2, -0.15) is 0 Å². The van der Waals surface area contributed by atoms with Crippen LogP contribution in [0.3, 0.4) is 0 Å². The first kappa shape index (κ1) is 42.2. The van der Waals surface area contributed by atoms with Gasteiger partial charge in [0.1, 0.15) is 97.7 Å². The van der Waals surface area contributed by atoms with Crippen LogP contribution >= 0.6 is 0 Å². The van der Waals surface area contributed by atoms with E-state index in [9.17, 15) is 71.5 Å². The van der Waals surface area contributed by atoms with Gasteiger partial charge in [0.2, 0.25) is 0 Å². The molecule has 20 atom stereocenters. The lowest BCUT2D eigenvalue weighted by molar-refractivity contribution is -0.355. The van der Waals surface area contributed by atoms with Crippen molar-refractivity contribution in [1.29, 1.82) is 0 Å². The fourth-order valence-corrected chi connectivity index (χ4v) is 5.14. The standard InChI is InChI=1S/2C12H22O11.H2O/c2*13-1-3-5(15)6(16)9(19)12(22-3)23-10-4(2-14)21-11(20)8(18)7(10)17;/h2*3-20H,1-2H2;1H2/t2*3-,4-,5-,6+,7-,8-,9-,10-,11-,12-;/m11./s1. The SMILES string of the molecule is O.OC[C@H]1O[C@H](O[C@H]2[C@H](O)[C@@H](O)[C@H](O)O[C@@H]2CO)[C@H](O)[C@@H](O)[C@@H]1O.OC[C@H]1O[C@H](O[C@H]2[C@H](O)[C@@H](O)[C@H](O)O[C@@H]2CO)[C@H](O)[C@@H](O)[C@@H]1O. The summed E-state index contributed by atoms with van der Waals surface area (Å²) in [5.41, 5.74) is 0. The summed E-state index contributed by atoms with van der Waals surface area (Å²) in [5, 5.41) is 153. The summed E-state index contributed by atoms with van der Waals surface area (Å²) in [6.07, 6.45) is -31.1. The molecular formula is C24H46O23. The molecule has 0 amide bonds. The van der Waals surface area contributed by atoms with E-state index in [2.05, 4.69) is 0 Å². The molecule has 4 saturated heterocycles. The minimum absolute atomic E-state index is 0. The van der Waals surface area contributed by atoms with Crippen molar-refractivity contribution < 1.29 is 116 Å². The van der Waals surface area contributed by atoms with Crippen molar-refractivity contribution in [2.24, 2.45) is 0 Å². The Kier molecular flexibility index (Phi) is 16.5. The van der Waals surface area contributed by atoms with Crippen molar-refractivity contribution in [3.05, 3.63) is 0 Å². The van der Waals surface area contributed by atoms with E-state index in [4.69, 9.17) is 38.6 Å². The van der Waals surface area contributed by atoms with Crippen LogP contribution in [0.5, 0.6) is 0 Å². The molecule has 23 nitrogen and oxygen atoms in total. The Hall–Kier alpha value is -0.920. The van der Waals surface area contributed by atoms with Gasteiger partial charge in [0.05, 0.1) is 26.4 Å². The Morgan fingerprint density at radius 2 is 0.638 bits per heavy atom. The van der Waals surface area contributed by atoms with Gasteiger partial charge in [-0.05, 0) is 0 Å². The highest BCUT2D eigenvalue weighted by atomic mass is 16.7. The Bertz CT molecular complexity index is 827. The van der Waals surface area contributed by atoms with Crippen LogP contribution in [0.2, 0.25) is 0 Å². The third kappa shape index (κ3) is 9.25. The highest BCUT2D eigenvalue weighted by molar-refractivity contribution is 4.95. The van der Waals surface area contributed by atoms with Gasteiger partial charge in [-0.25, -0.2) is 0 Å². The molecule has 0 aliphatic carbocycles. The van der Waals surface area contributed by atoms with Crippen LogP contribution in [-0.4, -0.2) is 236 Å². The van der Waals surface area contributed by atoms with Gasteiger partial charge in [0.15, 0.2) is 25.2 Å². The molecule has 18 N–H and O–H groups in total. The summed E-state index contributed by atoms with van der Waals surface area (Å²) in [5.74, 6) is 0. The fraction of sp³-hybridized carbons (Fsp3) is 1.00. The molecule has 0 aromatic carbocycles. The van der Waals surface area contributed by atoms with Gasteiger partial charge in [-0.1, -0.05) is 0 Å². The van der Waals surface area contributed by atoms with Crippen LogP contribution in [0.25, 0.3) is 0 Å². The first-order chi connectivity index (χ1) is 21.6. The summed E-state index contributed by atoms with van der Waals surface area (Å²) in [6, 6.07) is 0. The molecule has 47 heavy (non-hydrogen) atoms. The molecule has 280 valence electrons. The average molecular weight is 703 g/mol. The van der Waals surface area contributed by atoms with Crippen molar-refractivity contribution in [2.45, 2.75) is 123 Å². The minimum atomic E-state index is -1.74. The molecule has 0 unspecified atom stereocenters. The Morgan fingerprint density at radius 3 is 0.915 bits per heavy atom. The van der Waals surface area contributed by atoms with Crippen LogP contribution in [0.15, 0.2) is 0 Å². The van der Waals surface area contributed by atoms with Crippen molar-refractivity contribution in [2.75, 3.05) is 26.4 Å². The zero-order valence-electron chi connectivity index (χ0n) is 24.5. The lowest BCUT2D eigenvalue weighted by Gasteiger charge is -2.45. The maximum atomic E-state index is 9.94. The van der Waals surface area contributed by atoms with Gasteiger partial charge in [0.25, 0.3) is 0 Å². The van der Waals surface area contributed by atoms with Crippen molar-refractivity contribution in [1.82, 2.24) is 0 Å². The number of hydrogen-bond acceptors (Lipinski definition) is 22. The summed E-state index contributed by atoms with van der Waals surface area (Å²) in [6.45, 7) is -2.69. The predicted octanol–water partition coefficient (Wildman–Crippen LogP) is -11.6. The Morgan fingerprint density at radius 1 is 0.340 bits per heavy atom. The molecule has 4 fully saturated rings. The summed E-state index contributed by atoms with van der Waals surface area (Å²) in [4.78, 5) is 0. The number of aliphatic hydroxyl groups is 16. The molecule has 4 heterocycles. The van der Waals surface area contributed by atoms with Gasteiger partial charge >= 0.3 is 0 Å². The van der Waals surface area contributed by atoms with Crippen molar-refractivity contribution >= 4 is 0 Å². The molecule has 0 aromatic heterocycles. The van der Waals surface area contributed by atoms with Gasteiger partial charge in [-0.15, -0.1) is 0 Å². The predicted molar refractivity (Wildman–Crippen MR) is 141 cm³/mol. The second kappa shape index (κ2) is 18.4. The van der Waals surface area contributed by atoms with Crippen LogP contribution < -0.4 is 0 Å². The number of ether oxygens (including phenoxy) is 6. The molecular weight excluding hydrogens is 656 g/mol. The number of hydrogen-bond donors (Lipinski definition) is 16. The second-order valence-corrected chi connectivity index (χ2v) is 11.1. The van der Waals surface area contributed by atoms with E-state index in [1.165, 1.54) is 0 Å². The summed E-state index contributed by atoms with van der Waals surface area (Å²) in [7, 11) is 0. The lowest BCUT2D eigenvalue weighted by atomic mass is 9.97. The topological polar surface area (TPSA) is 411 Å². The van der Waals surface area contributed by atoms with E-state index >= 15 is 0 Å². The average Bonchev–Trinajstić information content (AvgIpc) is 3.05. The molecule has 4 aliphatic rings. The van der Waals surface area contributed by atoms with E-state index in [1.807, 2.05) is 0 Å². The Labute approximate surface area is 265 Å². The van der Waals surface area contributed by atoms with Gasteiger partial charge in [-0.3, -0.25) is 0 Å². The molecule has 0 aromatic rings. The molecule has 0 radical (unpaired) electrons. The Balaban J connectivity index is 0.000000320. The normalized spacial score (nSPS) is 50.6. The van der Waals surface area contributed by atoms with Crippen LogP contribution in [0.1, 0.15) is 0 Å². The van der Waals surface area contributed by atoms with E-state index in [1.54, 1.807) is 0 Å². The second-order valence-electron chi connectivity index (χ2n) is 11.1. The maximum absolute atomic E-state index is 9.94. The molecule has 4 aliphatic heterocycles. The summed E-state index contributed by atoms with van der Waals surface area (Å²) >= 11 is 0. The first-order valence-corrected chi connectivity index (χ1v) is 14.2. The van der Waals surface area contributed by atoms with Gasteiger partial charge < -0.3 is 116 Å². The highest BCUT2D eigenvalue weighted by Crippen LogP contribution is 2.30. The van der Waals surface area contributed by atoms with E-state index in [0.29, 0.717) is 0 Å².